The molecule has 5 rings (SSSR count). The molecule has 0 aliphatic rings. The molecule has 0 atom stereocenters. The van der Waals surface area contributed by atoms with Crippen molar-refractivity contribution in [1.29, 1.82) is 0 Å². The lowest BCUT2D eigenvalue weighted by molar-refractivity contribution is -0.384. The van der Waals surface area contributed by atoms with Crippen LogP contribution in [-0.2, 0) is 11.3 Å². The van der Waals surface area contributed by atoms with Gasteiger partial charge in [-0.2, -0.15) is 0 Å². The number of aryl methyl sites for hydroxylation is 1. The smallest absolute Gasteiger partial charge is 0.407 e. The predicted octanol–water partition coefficient (Wildman–Crippen LogP) is 4.53. The lowest BCUT2D eigenvalue weighted by Gasteiger charge is -2.03. The molecule has 0 fully saturated rings. The van der Waals surface area contributed by atoms with Gasteiger partial charge in [0.05, 0.1) is 22.2 Å². The number of aromatic amines is 1. The van der Waals surface area contributed by atoms with E-state index < -0.39 is 10.7 Å². The number of oxazole rings is 1. The number of nitrogens with one attached hydrogen (secondary N) is 2. The summed E-state index contributed by atoms with van der Waals surface area (Å²) < 4.78 is 6.47. The molecule has 0 saturated heterocycles. The summed E-state index contributed by atoms with van der Waals surface area (Å²) in [7, 11) is 0. The van der Waals surface area contributed by atoms with E-state index in [2.05, 4.69) is 15.3 Å². The number of fused-ring (bicyclic) bond motifs is 2. The summed E-state index contributed by atoms with van der Waals surface area (Å²) in [4.78, 5) is 42.6. The molecule has 0 bridgehead atoms. The molecule has 0 unspecified atom stereocenters. The number of nitro groups is 1. The average molecular weight is 463 g/mol. The quantitative estimate of drug-likeness (QED) is 0.269. The predicted molar refractivity (Wildman–Crippen MR) is 124 cm³/mol. The maximum atomic E-state index is 12.4. The molecule has 2 N–H and O–H groups in total. The van der Waals surface area contributed by atoms with Crippen molar-refractivity contribution in [2.24, 2.45) is 0 Å². The number of hydrogen-bond acceptors (Lipinski definition) is 7. The van der Waals surface area contributed by atoms with Crippen LogP contribution in [0.1, 0.15) is 12.8 Å². The molecule has 2 aromatic carbocycles. The summed E-state index contributed by atoms with van der Waals surface area (Å²) in [6.07, 6.45) is 2.46. The Bertz CT molecular complexity index is 1560. The number of amides is 1. The highest BCUT2D eigenvalue weighted by atomic mass is 32.1. The summed E-state index contributed by atoms with van der Waals surface area (Å²) in [6, 6.07) is 11.9. The third-order valence-electron chi connectivity index (χ3n) is 5.26. The summed E-state index contributed by atoms with van der Waals surface area (Å²) in [6.45, 7) is 0.246. The molecule has 3 aromatic heterocycles. The number of non-ortho nitro benzene ring substituents is 1. The Morgan fingerprint density at radius 3 is 2.97 bits per heavy atom. The fourth-order valence-corrected chi connectivity index (χ4v) is 4.42. The number of thiazole rings is 1. The van der Waals surface area contributed by atoms with Crippen molar-refractivity contribution in [2.45, 2.75) is 19.4 Å². The van der Waals surface area contributed by atoms with Gasteiger partial charge in [-0.15, -0.1) is 11.3 Å². The third kappa shape index (κ3) is 4.01. The van der Waals surface area contributed by atoms with Gasteiger partial charge in [-0.1, -0.05) is 18.2 Å². The Morgan fingerprint density at radius 1 is 1.27 bits per heavy atom. The van der Waals surface area contributed by atoms with Gasteiger partial charge in [-0.3, -0.25) is 19.5 Å². The lowest BCUT2D eigenvalue weighted by Crippen LogP contribution is -2.17. The van der Waals surface area contributed by atoms with E-state index in [1.54, 1.807) is 0 Å². The summed E-state index contributed by atoms with van der Waals surface area (Å²) in [5, 5.41) is 17.1. The summed E-state index contributed by atoms with van der Waals surface area (Å²) >= 11 is 1.34. The van der Waals surface area contributed by atoms with E-state index in [-0.39, 0.29) is 30.1 Å². The van der Waals surface area contributed by atoms with Gasteiger partial charge in [0.15, 0.2) is 10.7 Å². The van der Waals surface area contributed by atoms with Gasteiger partial charge in [0.25, 0.3) is 5.69 Å². The second kappa shape index (κ2) is 8.36. The zero-order valence-corrected chi connectivity index (χ0v) is 17.9. The highest BCUT2D eigenvalue weighted by Gasteiger charge is 2.15. The first-order valence-electron chi connectivity index (χ1n) is 10.1. The first-order chi connectivity index (χ1) is 16.0. The van der Waals surface area contributed by atoms with Crippen LogP contribution in [0.15, 0.2) is 63.3 Å². The molecule has 0 saturated carbocycles. The van der Waals surface area contributed by atoms with E-state index in [1.165, 1.54) is 34.1 Å². The fraction of sp³-hybridized carbons (Fsp3) is 0.136. The van der Waals surface area contributed by atoms with Crippen LogP contribution in [0.25, 0.3) is 33.3 Å². The van der Waals surface area contributed by atoms with Crippen LogP contribution in [0.5, 0.6) is 0 Å². The normalized spacial score (nSPS) is 11.3. The molecule has 33 heavy (non-hydrogen) atoms. The van der Waals surface area contributed by atoms with E-state index in [1.807, 2.05) is 35.8 Å². The Morgan fingerprint density at radius 2 is 2.12 bits per heavy atom. The fourth-order valence-electron chi connectivity index (χ4n) is 3.70. The van der Waals surface area contributed by atoms with Gasteiger partial charge >= 0.3 is 5.76 Å². The molecule has 1 amide bonds. The Kier molecular flexibility index (Phi) is 5.23. The summed E-state index contributed by atoms with van der Waals surface area (Å²) in [5.41, 5.74) is 3.20. The number of nitrogens with zero attached hydrogens (tertiary/aromatic N) is 3. The first kappa shape index (κ1) is 20.6. The molecule has 0 spiro atoms. The molecular weight excluding hydrogens is 446 g/mol. The second-order valence-corrected chi connectivity index (χ2v) is 8.22. The van der Waals surface area contributed by atoms with Crippen LogP contribution in [-0.4, -0.2) is 25.4 Å². The van der Waals surface area contributed by atoms with E-state index in [0.717, 1.165) is 22.2 Å². The number of aromatic nitrogens is 3. The minimum absolute atomic E-state index is 0.145. The molecule has 0 aliphatic carbocycles. The number of H-pyrrole nitrogens is 1. The van der Waals surface area contributed by atoms with Crippen molar-refractivity contribution in [3.05, 3.63) is 74.7 Å². The van der Waals surface area contributed by atoms with Crippen molar-refractivity contribution in [3.63, 3.8) is 0 Å². The van der Waals surface area contributed by atoms with Crippen molar-refractivity contribution >= 4 is 50.1 Å². The molecular formula is C22H17N5O5S. The Labute approximate surface area is 189 Å². The maximum absolute atomic E-state index is 12.4. The molecule has 10 nitrogen and oxygen atoms in total. The molecule has 3 heterocycles. The van der Waals surface area contributed by atoms with Crippen molar-refractivity contribution in [3.8, 4) is 11.3 Å². The van der Waals surface area contributed by atoms with E-state index in [9.17, 15) is 19.7 Å². The molecule has 0 aliphatic heterocycles. The lowest BCUT2D eigenvalue weighted by atomic mass is 10.1. The molecule has 5 aromatic rings. The average Bonchev–Trinajstić information content (AvgIpc) is 3.50. The Hall–Kier alpha value is -4.25. The van der Waals surface area contributed by atoms with Crippen LogP contribution in [0, 0.1) is 10.1 Å². The molecule has 166 valence electrons. The zero-order chi connectivity index (χ0) is 22.9. The highest BCUT2D eigenvalue weighted by Crippen LogP contribution is 2.31. The number of nitro benzene ring substituents is 1. The van der Waals surface area contributed by atoms with Crippen molar-refractivity contribution < 1.29 is 14.1 Å². The molecule has 0 radical (unpaired) electrons. The number of carbonyl (C=O) groups is 1. The number of anilines is 1. The Balaban J connectivity index is 1.22. The number of para-hydroxylation sites is 1. The minimum Gasteiger partial charge on any atom is -0.407 e. The SMILES string of the molecule is O=C(CCCn1c(=O)oc2cc([N+](=O)[O-])ccc21)Nc1nc(-c2c[nH]c3ccccc23)cs1. The van der Waals surface area contributed by atoms with Gasteiger partial charge in [-0.25, -0.2) is 9.78 Å². The van der Waals surface area contributed by atoms with Gasteiger partial charge < -0.3 is 14.7 Å². The molecule has 11 heteroatoms. The number of rotatable bonds is 7. The third-order valence-corrected chi connectivity index (χ3v) is 6.02. The highest BCUT2D eigenvalue weighted by molar-refractivity contribution is 7.14. The van der Waals surface area contributed by atoms with Gasteiger partial charge in [-0.05, 0) is 18.6 Å². The van der Waals surface area contributed by atoms with Crippen LogP contribution < -0.4 is 11.1 Å². The van der Waals surface area contributed by atoms with Crippen LogP contribution in [0.2, 0.25) is 0 Å². The van der Waals surface area contributed by atoms with Crippen molar-refractivity contribution in [1.82, 2.24) is 14.5 Å². The summed E-state index contributed by atoms with van der Waals surface area (Å²) in [5.74, 6) is -0.833. The maximum Gasteiger partial charge on any atom is 0.419 e. The topological polar surface area (TPSA) is 136 Å². The van der Waals surface area contributed by atoms with Crippen LogP contribution >= 0.6 is 11.3 Å². The number of benzene rings is 2. The van der Waals surface area contributed by atoms with Crippen molar-refractivity contribution in [2.75, 3.05) is 5.32 Å². The van der Waals surface area contributed by atoms with E-state index in [4.69, 9.17) is 4.42 Å². The van der Waals surface area contributed by atoms with Gasteiger partial charge in [0.1, 0.15) is 0 Å². The first-order valence-corrected chi connectivity index (χ1v) is 11.0. The number of carbonyl (C=O) groups excluding carboxylic acids is 1. The van der Waals surface area contributed by atoms with Crippen LogP contribution in [0.4, 0.5) is 10.8 Å². The van der Waals surface area contributed by atoms with Crippen LogP contribution in [0.3, 0.4) is 0 Å². The number of hydrogen-bond donors (Lipinski definition) is 2. The monoisotopic (exact) mass is 463 g/mol. The van der Waals surface area contributed by atoms with E-state index in [0.29, 0.717) is 17.1 Å². The second-order valence-electron chi connectivity index (χ2n) is 7.37. The van der Waals surface area contributed by atoms with Gasteiger partial charge in [0, 0.05) is 47.1 Å². The largest absolute Gasteiger partial charge is 0.419 e. The minimum atomic E-state index is -0.616. The van der Waals surface area contributed by atoms with E-state index >= 15 is 0 Å². The van der Waals surface area contributed by atoms with Gasteiger partial charge in [0.2, 0.25) is 5.91 Å². The standard InChI is InChI=1S/C22H17N5O5S/c28-20(6-3-9-26-18-8-7-13(27(30)31)10-19(18)32-22(26)29)25-21-24-17(12-33-21)15-11-23-16-5-2-1-4-14(15)16/h1-2,4-5,7-8,10-12,23H,3,6,9H2,(H,24,25,28). The zero-order valence-electron chi connectivity index (χ0n) is 17.1.